The minimum Gasteiger partial charge on any atom is -0.337 e. The largest absolute Gasteiger partial charge is 0.337 e. The van der Waals surface area contributed by atoms with Crippen molar-refractivity contribution in [2.24, 2.45) is 13.0 Å². The maximum atomic E-state index is 12.8. The van der Waals surface area contributed by atoms with Crippen molar-refractivity contribution in [1.29, 1.82) is 0 Å². The highest BCUT2D eigenvalue weighted by atomic mass is 32.2. The van der Waals surface area contributed by atoms with Gasteiger partial charge in [-0.1, -0.05) is 19.9 Å². The Morgan fingerprint density at radius 3 is 2.23 bits per heavy atom. The first kappa shape index (κ1) is 20.6. The highest BCUT2D eigenvalue weighted by Crippen LogP contribution is 2.24. The van der Waals surface area contributed by atoms with Crippen LogP contribution in [0.5, 0.6) is 0 Å². The van der Waals surface area contributed by atoms with Gasteiger partial charge >= 0.3 is 0 Å². The van der Waals surface area contributed by atoms with E-state index in [2.05, 4.69) is 9.71 Å². The summed E-state index contributed by atoms with van der Waals surface area (Å²) in [5, 5.41) is 0. The van der Waals surface area contributed by atoms with Crippen LogP contribution in [0.3, 0.4) is 0 Å². The quantitative estimate of drug-likeness (QED) is 0.756. The third-order valence-corrected chi connectivity index (χ3v) is 7.23. The lowest BCUT2D eigenvalue weighted by Gasteiger charge is -2.22. The zero-order valence-corrected chi connectivity index (χ0v) is 17.0. The molecular weight excluding hydrogens is 376 g/mol. The predicted octanol–water partition coefficient (Wildman–Crippen LogP) is 1.35. The van der Waals surface area contributed by atoms with Gasteiger partial charge in [0.05, 0.1) is 15.8 Å². The van der Waals surface area contributed by atoms with Crippen LogP contribution in [0, 0.1) is 5.92 Å². The molecule has 2 rings (SSSR count). The maximum absolute atomic E-state index is 12.8. The topological polar surface area (TPSA) is 101 Å². The third kappa shape index (κ3) is 4.14. The van der Waals surface area contributed by atoms with Gasteiger partial charge in [0.25, 0.3) is 0 Å². The molecule has 0 fully saturated rings. The molecule has 0 bridgehead atoms. The smallest absolute Gasteiger partial charge is 0.242 e. The molecule has 0 spiro atoms. The van der Waals surface area contributed by atoms with Crippen molar-refractivity contribution >= 4 is 20.0 Å². The third-order valence-electron chi connectivity index (χ3n) is 3.98. The van der Waals surface area contributed by atoms with E-state index in [-0.39, 0.29) is 15.7 Å². The summed E-state index contributed by atoms with van der Waals surface area (Å²) < 4.78 is 55.7. The monoisotopic (exact) mass is 400 g/mol. The minimum atomic E-state index is -3.94. The molecule has 1 N–H and O–H groups in total. The number of aryl methyl sites for hydroxylation is 1. The number of nitrogens with one attached hydrogen (secondary N) is 1. The van der Waals surface area contributed by atoms with Crippen LogP contribution in [-0.2, 0) is 27.1 Å². The zero-order chi connectivity index (χ0) is 19.7. The molecule has 26 heavy (non-hydrogen) atoms. The SMILES string of the molecule is CC(C)[C@@H](NS(=O)(=O)c1cccc(S(=O)(=O)N(C)C)c1)c1nccn1C. The van der Waals surface area contributed by atoms with Gasteiger partial charge in [-0.2, -0.15) is 0 Å². The molecular formula is C16H24N4O4S2. The number of hydrogen-bond donors (Lipinski definition) is 1. The van der Waals surface area contributed by atoms with Crippen LogP contribution in [0.1, 0.15) is 25.7 Å². The van der Waals surface area contributed by atoms with Crippen LogP contribution in [0.15, 0.2) is 46.5 Å². The van der Waals surface area contributed by atoms with E-state index in [4.69, 9.17) is 0 Å². The predicted molar refractivity (Wildman–Crippen MR) is 98.4 cm³/mol. The van der Waals surface area contributed by atoms with Gasteiger partial charge in [-0.15, -0.1) is 0 Å². The number of hydrogen-bond acceptors (Lipinski definition) is 5. The fraction of sp³-hybridized carbons (Fsp3) is 0.438. The van der Waals surface area contributed by atoms with E-state index in [1.54, 1.807) is 24.0 Å². The Labute approximate surface area is 155 Å². The second-order valence-corrected chi connectivity index (χ2v) is 10.4. The highest BCUT2D eigenvalue weighted by Gasteiger charge is 2.28. The van der Waals surface area contributed by atoms with Gasteiger partial charge in [-0.05, 0) is 24.1 Å². The first-order valence-electron chi connectivity index (χ1n) is 7.99. The molecule has 1 aromatic carbocycles. The molecule has 0 aliphatic heterocycles. The Morgan fingerprint density at radius 2 is 1.73 bits per heavy atom. The number of rotatable bonds is 7. The minimum absolute atomic E-state index is 0.0560. The van der Waals surface area contributed by atoms with Gasteiger partial charge in [-0.3, -0.25) is 0 Å². The van der Waals surface area contributed by atoms with Crippen LogP contribution < -0.4 is 4.72 Å². The van der Waals surface area contributed by atoms with E-state index in [9.17, 15) is 16.8 Å². The fourth-order valence-electron chi connectivity index (χ4n) is 2.41. The first-order valence-corrected chi connectivity index (χ1v) is 10.9. The van der Waals surface area contributed by atoms with Crippen molar-refractivity contribution in [3.05, 3.63) is 42.5 Å². The van der Waals surface area contributed by atoms with Gasteiger partial charge < -0.3 is 4.57 Å². The molecule has 0 aliphatic rings. The Hall–Kier alpha value is -1.75. The van der Waals surface area contributed by atoms with E-state index in [0.717, 1.165) is 10.4 Å². The number of aromatic nitrogens is 2. The lowest BCUT2D eigenvalue weighted by atomic mass is 10.1. The van der Waals surface area contributed by atoms with E-state index < -0.39 is 26.1 Å². The molecule has 0 unspecified atom stereocenters. The summed E-state index contributed by atoms with van der Waals surface area (Å²) in [5.74, 6) is 0.528. The van der Waals surface area contributed by atoms with Crippen molar-refractivity contribution in [3.8, 4) is 0 Å². The van der Waals surface area contributed by atoms with Crippen molar-refractivity contribution < 1.29 is 16.8 Å². The first-order chi connectivity index (χ1) is 12.0. The lowest BCUT2D eigenvalue weighted by molar-refractivity contribution is 0.434. The standard InChI is InChI=1S/C16H24N4O4S2/c1-12(2)15(16-17-9-10-20(16)5)18-25(21,22)13-7-6-8-14(11-13)26(23,24)19(3)4/h6-12,15,18H,1-5H3/t15-/m1/s1. The molecule has 144 valence electrons. The van der Waals surface area contributed by atoms with Gasteiger partial charge in [0, 0.05) is 33.5 Å². The molecule has 0 saturated heterocycles. The van der Waals surface area contributed by atoms with Gasteiger partial charge in [-0.25, -0.2) is 30.8 Å². The van der Waals surface area contributed by atoms with E-state index >= 15 is 0 Å². The van der Waals surface area contributed by atoms with E-state index in [0.29, 0.717) is 5.82 Å². The summed E-state index contributed by atoms with van der Waals surface area (Å²) >= 11 is 0. The molecule has 0 saturated carbocycles. The summed E-state index contributed by atoms with van der Waals surface area (Å²) in [6.45, 7) is 3.77. The zero-order valence-electron chi connectivity index (χ0n) is 15.4. The molecule has 1 atom stereocenters. The molecule has 0 amide bonds. The molecule has 8 nitrogen and oxygen atoms in total. The van der Waals surface area contributed by atoms with E-state index in [1.807, 2.05) is 13.8 Å². The summed E-state index contributed by atoms with van der Waals surface area (Å²) in [6.07, 6.45) is 3.34. The van der Waals surface area contributed by atoms with Gasteiger partial charge in [0.2, 0.25) is 20.0 Å². The number of sulfonamides is 2. The molecule has 1 aromatic heterocycles. The summed E-state index contributed by atoms with van der Waals surface area (Å²) in [5.41, 5.74) is 0. The maximum Gasteiger partial charge on any atom is 0.242 e. The molecule has 1 heterocycles. The number of imidazole rings is 1. The second kappa shape index (κ2) is 7.47. The Bertz CT molecular complexity index is 979. The molecule has 2 aromatic rings. The second-order valence-electron chi connectivity index (χ2n) is 6.50. The fourth-order valence-corrected chi connectivity index (χ4v) is 4.82. The van der Waals surface area contributed by atoms with Crippen LogP contribution >= 0.6 is 0 Å². The number of nitrogens with zero attached hydrogens (tertiary/aromatic N) is 3. The van der Waals surface area contributed by atoms with Crippen molar-refractivity contribution in [1.82, 2.24) is 18.6 Å². The molecule has 0 aliphatic carbocycles. The Balaban J connectivity index is 2.43. The average molecular weight is 401 g/mol. The van der Waals surface area contributed by atoms with Crippen LogP contribution in [0.4, 0.5) is 0 Å². The Morgan fingerprint density at radius 1 is 1.12 bits per heavy atom. The van der Waals surface area contributed by atoms with Crippen molar-refractivity contribution in [2.75, 3.05) is 14.1 Å². The van der Waals surface area contributed by atoms with Crippen LogP contribution in [-0.4, -0.2) is 44.8 Å². The van der Waals surface area contributed by atoms with Crippen LogP contribution in [0.2, 0.25) is 0 Å². The van der Waals surface area contributed by atoms with Crippen molar-refractivity contribution in [3.63, 3.8) is 0 Å². The lowest BCUT2D eigenvalue weighted by Crippen LogP contribution is -2.33. The average Bonchev–Trinajstić information content (AvgIpc) is 2.98. The van der Waals surface area contributed by atoms with Gasteiger partial charge in [0.15, 0.2) is 0 Å². The van der Waals surface area contributed by atoms with E-state index in [1.165, 1.54) is 32.3 Å². The molecule has 0 radical (unpaired) electrons. The summed E-state index contributed by atoms with van der Waals surface area (Å²) in [7, 11) is -3.10. The summed E-state index contributed by atoms with van der Waals surface area (Å²) in [4.78, 5) is 4.04. The molecule has 10 heteroatoms. The van der Waals surface area contributed by atoms with Gasteiger partial charge in [0.1, 0.15) is 5.82 Å². The number of benzene rings is 1. The highest BCUT2D eigenvalue weighted by molar-refractivity contribution is 7.90. The van der Waals surface area contributed by atoms with Crippen molar-refractivity contribution in [2.45, 2.75) is 29.7 Å². The summed E-state index contributed by atoms with van der Waals surface area (Å²) in [6, 6.07) is 4.76. The van der Waals surface area contributed by atoms with Crippen LogP contribution in [0.25, 0.3) is 0 Å². The normalized spacial score (nSPS) is 14.1. The Kier molecular flexibility index (Phi) is 5.91.